The summed E-state index contributed by atoms with van der Waals surface area (Å²) in [4.78, 5) is 11.9. The lowest BCUT2D eigenvalue weighted by Gasteiger charge is -2.23. The van der Waals surface area contributed by atoms with Crippen LogP contribution in [0.5, 0.6) is 0 Å². The summed E-state index contributed by atoms with van der Waals surface area (Å²) in [7, 11) is 0. The van der Waals surface area contributed by atoms with Crippen molar-refractivity contribution in [3.8, 4) is 0 Å². The Morgan fingerprint density at radius 2 is 2.12 bits per heavy atom. The van der Waals surface area contributed by atoms with Crippen LogP contribution in [0, 0.1) is 6.92 Å². The van der Waals surface area contributed by atoms with E-state index in [1.54, 1.807) is 0 Å². The van der Waals surface area contributed by atoms with E-state index in [0.29, 0.717) is 0 Å². The van der Waals surface area contributed by atoms with Crippen molar-refractivity contribution >= 4 is 0 Å². The lowest BCUT2D eigenvalue weighted by Crippen LogP contribution is -2.30. The maximum absolute atomic E-state index is 4.57. The molecular formula is C12H14N4. The van der Waals surface area contributed by atoms with Crippen molar-refractivity contribution in [2.24, 2.45) is 0 Å². The number of imidazole rings is 1. The van der Waals surface area contributed by atoms with E-state index in [9.17, 15) is 0 Å². The van der Waals surface area contributed by atoms with Crippen LogP contribution >= 0.6 is 0 Å². The topological polar surface area (TPSA) is 53.6 Å². The van der Waals surface area contributed by atoms with Crippen LogP contribution < -0.4 is 5.32 Å². The van der Waals surface area contributed by atoms with Gasteiger partial charge in [-0.25, -0.2) is 4.98 Å². The van der Waals surface area contributed by atoms with Crippen molar-refractivity contribution < 1.29 is 0 Å². The molecule has 1 unspecified atom stereocenters. The summed E-state index contributed by atoms with van der Waals surface area (Å²) in [5.74, 6) is 0.993. The number of aromatic nitrogens is 3. The third-order valence-corrected chi connectivity index (χ3v) is 2.97. The molecule has 0 radical (unpaired) electrons. The van der Waals surface area contributed by atoms with Crippen LogP contribution in [-0.4, -0.2) is 21.5 Å². The Morgan fingerprint density at radius 3 is 2.94 bits per heavy atom. The number of fused-ring (bicyclic) bond motifs is 1. The number of nitrogens with zero attached hydrogens (tertiary/aromatic N) is 2. The molecule has 0 spiro atoms. The Hall–Kier alpha value is -1.68. The van der Waals surface area contributed by atoms with E-state index in [0.717, 1.165) is 24.5 Å². The van der Waals surface area contributed by atoms with E-state index in [1.165, 1.54) is 11.3 Å². The minimum absolute atomic E-state index is 0.205. The molecule has 1 aliphatic rings. The fourth-order valence-electron chi connectivity index (χ4n) is 2.26. The first-order valence-corrected chi connectivity index (χ1v) is 5.53. The van der Waals surface area contributed by atoms with E-state index in [2.05, 4.69) is 20.3 Å². The maximum atomic E-state index is 4.57. The average molecular weight is 214 g/mol. The van der Waals surface area contributed by atoms with E-state index in [1.807, 2.05) is 31.5 Å². The van der Waals surface area contributed by atoms with Crippen molar-refractivity contribution in [2.45, 2.75) is 19.4 Å². The van der Waals surface area contributed by atoms with Gasteiger partial charge in [0.05, 0.1) is 11.7 Å². The molecule has 0 saturated carbocycles. The van der Waals surface area contributed by atoms with Crippen molar-refractivity contribution in [3.05, 3.63) is 47.3 Å². The van der Waals surface area contributed by atoms with Crippen LogP contribution in [0.3, 0.4) is 0 Å². The number of hydrogen-bond acceptors (Lipinski definition) is 3. The van der Waals surface area contributed by atoms with Crippen molar-refractivity contribution in [1.82, 2.24) is 20.3 Å². The Labute approximate surface area is 94.1 Å². The van der Waals surface area contributed by atoms with Gasteiger partial charge in [-0.15, -0.1) is 0 Å². The van der Waals surface area contributed by atoms with Gasteiger partial charge in [0.15, 0.2) is 0 Å². The second kappa shape index (κ2) is 3.72. The van der Waals surface area contributed by atoms with Crippen LogP contribution in [0.4, 0.5) is 0 Å². The largest absolute Gasteiger partial charge is 0.346 e. The third-order valence-electron chi connectivity index (χ3n) is 2.97. The molecule has 4 nitrogen and oxygen atoms in total. The first-order valence-electron chi connectivity index (χ1n) is 5.53. The number of pyridine rings is 1. The Morgan fingerprint density at radius 1 is 1.31 bits per heavy atom. The van der Waals surface area contributed by atoms with Crippen molar-refractivity contribution in [3.63, 3.8) is 0 Å². The van der Waals surface area contributed by atoms with Crippen molar-refractivity contribution in [1.29, 1.82) is 0 Å². The van der Waals surface area contributed by atoms with Gasteiger partial charge in [-0.3, -0.25) is 4.98 Å². The van der Waals surface area contributed by atoms with Gasteiger partial charge in [-0.05, 0) is 24.6 Å². The normalized spacial score (nSPS) is 19.4. The number of hydrogen-bond donors (Lipinski definition) is 2. The first kappa shape index (κ1) is 9.54. The molecule has 0 bridgehead atoms. The summed E-state index contributed by atoms with van der Waals surface area (Å²) >= 11 is 0. The quantitative estimate of drug-likeness (QED) is 0.753. The van der Waals surface area contributed by atoms with Gasteiger partial charge < -0.3 is 10.3 Å². The zero-order valence-corrected chi connectivity index (χ0v) is 9.20. The van der Waals surface area contributed by atoms with E-state index in [4.69, 9.17) is 0 Å². The van der Waals surface area contributed by atoms with Crippen LogP contribution in [0.1, 0.15) is 28.8 Å². The Kier molecular flexibility index (Phi) is 2.22. The maximum Gasteiger partial charge on any atom is 0.103 e. The molecule has 0 aromatic carbocycles. The smallest absolute Gasteiger partial charge is 0.103 e. The molecule has 3 rings (SSSR count). The highest BCUT2D eigenvalue weighted by Gasteiger charge is 2.24. The van der Waals surface area contributed by atoms with E-state index < -0.39 is 0 Å². The lowest BCUT2D eigenvalue weighted by molar-refractivity contribution is 0.553. The van der Waals surface area contributed by atoms with Gasteiger partial charge in [-0.2, -0.15) is 0 Å². The second-order valence-electron chi connectivity index (χ2n) is 4.10. The molecule has 3 heterocycles. The second-order valence-corrected chi connectivity index (χ2v) is 4.10. The third kappa shape index (κ3) is 1.51. The van der Waals surface area contributed by atoms with Gasteiger partial charge in [0, 0.05) is 31.1 Å². The zero-order valence-electron chi connectivity index (χ0n) is 9.20. The fourth-order valence-corrected chi connectivity index (χ4v) is 2.26. The standard InChI is InChI=1S/C12H14N4/c1-8-15-10-4-7-14-11(12(10)16-8)9-2-5-13-6-3-9/h2-3,5-6,11,14H,4,7H2,1H3,(H,15,16). The first-order chi connectivity index (χ1) is 7.84. The SMILES string of the molecule is Cc1nc2c([nH]1)CCNC2c1ccncc1. The van der Waals surface area contributed by atoms with Gasteiger partial charge in [-0.1, -0.05) is 0 Å². The summed E-state index contributed by atoms with van der Waals surface area (Å²) in [5.41, 5.74) is 3.62. The molecule has 0 saturated heterocycles. The van der Waals surface area contributed by atoms with Crippen LogP contribution in [0.15, 0.2) is 24.5 Å². The highest BCUT2D eigenvalue weighted by Crippen LogP contribution is 2.26. The van der Waals surface area contributed by atoms with E-state index in [-0.39, 0.29) is 6.04 Å². The summed E-state index contributed by atoms with van der Waals surface area (Å²) in [5, 5.41) is 3.49. The highest BCUT2D eigenvalue weighted by atomic mass is 15.0. The number of rotatable bonds is 1. The molecule has 82 valence electrons. The Balaban J connectivity index is 2.05. The number of aryl methyl sites for hydroxylation is 1. The molecule has 0 aliphatic carbocycles. The van der Waals surface area contributed by atoms with Gasteiger partial charge >= 0.3 is 0 Å². The lowest BCUT2D eigenvalue weighted by atomic mass is 9.99. The van der Waals surface area contributed by atoms with Gasteiger partial charge in [0.2, 0.25) is 0 Å². The molecule has 4 heteroatoms. The molecule has 1 atom stereocenters. The highest BCUT2D eigenvalue weighted by molar-refractivity contribution is 5.31. The molecule has 2 N–H and O–H groups in total. The molecule has 2 aromatic rings. The molecule has 16 heavy (non-hydrogen) atoms. The summed E-state index contributed by atoms with van der Waals surface area (Å²) in [6, 6.07) is 4.28. The van der Waals surface area contributed by atoms with Gasteiger partial charge in [0.25, 0.3) is 0 Å². The van der Waals surface area contributed by atoms with Crippen molar-refractivity contribution in [2.75, 3.05) is 6.54 Å². The molecule has 1 aliphatic heterocycles. The number of aromatic amines is 1. The molecule has 2 aromatic heterocycles. The van der Waals surface area contributed by atoms with Crippen LogP contribution in [0.25, 0.3) is 0 Å². The average Bonchev–Trinajstić information content (AvgIpc) is 2.70. The predicted octanol–water partition coefficient (Wildman–Crippen LogP) is 1.35. The zero-order chi connectivity index (χ0) is 11.0. The molecule has 0 fully saturated rings. The minimum atomic E-state index is 0.205. The molecular weight excluding hydrogens is 200 g/mol. The monoisotopic (exact) mass is 214 g/mol. The number of H-pyrrole nitrogens is 1. The summed E-state index contributed by atoms with van der Waals surface area (Å²) < 4.78 is 0. The molecule has 0 amide bonds. The predicted molar refractivity (Wildman–Crippen MR) is 61.1 cm³/mol. The van der Waals surface area contributed by atoms with E-state index >= 15 is 0 Å². The Bertz CT molecular complexity index is 489. The van der Waals surface area contributed by atoms with Gasteiger partial charge in [0.1, 0.15) is 5.82 Å². The van der Waals surface area contributed by atoms with Crippen LogP contribution in [0.2, 0.25) is 0 Å². The number of nitrogens with one attached hydrogen (secondary N) is 2. The minimum Gasteiger partial charge on any atom is -0.346 e. The summed E-state index contributed by atoms with van der Waals surface area (Å²) in [6.07, 6.45) is 4.67. The fraction of sp³-hybridized carbons (Fsp3) is 0.333. The van der Waals surface area contributed by atoms with Crippen LogP contribution in [-0.2, 0) is 6.42 Å². The summed E-state index contributed by atoms with van der Waals surface area (Å²) in [6.45, 7) is 2.99.